The molecular weight excluding hydrogens is 452 g/mol. The van der Waals surface area contributed by atoms with E-state index in [2.05, 4.69) is 67.3 Å². The highest BCUT2D eigenvalue weighted by atomic mass is 79.9. The van der Waals surface area contributed by atoms with Crippen LogP contribution in [0, 0.1) is 13.8 Å². The number of imidazole rings is 1. The van der Waals surface area contributed by atoms with Crippen LogP contribution >= 0.6 is 15.9 Å². The molecule has 1 fully saturated rings. The molecule has 154 valence electrons. The Labute approximate surface area is 179 Å². The van der Waals surface area contributed by atoms with Crippen LogP contribution < -0.4 is 5.56 Å². The minimum Gasteiger partial charge on any atom is -0.373 e. The SMILES string of the molecule is Cc1ccc([C@H]2C[C@H](c3noc(Cn4cnn5c(Br)nc(C)c5c4=O)n3)CO2)cc1. The largest absolute Gasteiger partial charge is 0.373 e. The van der Waals surface area contributed by atoms with Crippen LogP contribution in [0.1, 0.15) is 47.0 Å². The van der Waals surface area contributed by atoms with E-state index in [1.165, 1.54) is 21.0 Å². The van der Waals surface area contributed by atoms with E-state index in [1.807, 2.05) is 0 Å². The van der Waals surface area contributed by atoms with Gasteiger partial charge in [-0.1, -0.05) is 35.0 Å². The molecule has 10 heteroatoms. The first-order valence-corrected chi connectivity index (χ1v) is 10.4. The van der Waals surface area contributed by atoms with Gasteiger partial charge in [-0.3, -0.25) is 9.36 Å². The molecule has 0 saturated carbocycles. The highest BCUT2D eigenvalue weighted by Crippen LogP contribution is 2.37. The summed E-state index contributed by atoms with van der Waals surface area (Å²) < 4.78 is 14.8. The van der Waals surface area contributed by atoms with Crippen molar-refractivity contribution in [3.8, 4) is 0 Å². The number of hydrogen-bond acceptors (Lipinski definition) is 7. The first kappa shape index (κ1) is 19.1. The third kappa shape index (κ3) is 3.35. The van der Waals surface area contributed by atoms with E-state index in [9.17, 15) is 4.79 Å². The van der Waals surface area contributed by atoms with Crippen LogP contribution in [0.3, 0.4) is 0 Å². The lowest BCUT2D eigenvalue weighted by molar-refractivity contribution is 0.110. The predicted molar refractivity (Wildman–Crippen MR) is 110 cm³/mol. The van der Waals surface area contributed by atoms with Crippen molar-refractivity contribution in [2.75, 3.05) is 6.61 Å². The smallest absolute Gasteiger partial charge is 0.280 e. The van der Waals surface area contributed by atoms with Gasteiger partial charge in [0.1, 0.15) is 12.9 Å². The molecule has 4 heterocycles. The second kappa shape index (κ2) is 7.44. The molecule has 9 nitrogen and oxygen atoms in total. The normalized spacial score (nSPS) is 19.0. The highest BCUT2D eigenvalue weighted by Gasteiger charge is 2.31. The Kier molecular flexibility index (Phi) is 4.75. The molecule has 0 aliphatic carbocycles. The molecule has 1 aromatic carbocycles. The number of nitrogens with zero attached hydrogens (tertiary/aromatic N) is 6. The molecular formula is C20H19BrN6O3. The van der Waals surface area contributed by atoms with Gasteiger partial charge >= 0.3 is 0 Å². The van der Waals surface area contributed by atoms with E-state index in [-0.39, 0.29) is 24.1 Å². The zero-order valence-electron chi connectivity index (χ0n) is 16.4. The quantitative estimate of drug-likeness (QED) is 0.451. The Balaban J connectivity index is 1.33. The molecule has 1 aliphatic rings. The minimum absolute atomic E-state index is 0.0232. The van der Waals surface area contributed by atoms with Gasteiger partial charge in [0.15, 0.2) is 16.1 Å². The number of fused-ring (bicyclic) bond motifs is 1. The highest BCUT2D eigenvalue weighted by molar-refractivity contribution is 9.10. The first-order chi connectivity index (χ1) is 14.5. The second-order valence-electron chi connectivity index (χ2n) is 7.50. The number of hydrogen-bond donors (Lipinski definition) is 0. The summed E-state index contributed by atoms with van der Waals surface area (Å²) in [6, 6.07) is 8.36. The fraction of sp³-hybridized carbons (Fsp3) is 0.350. The van der Waals surface area contributed by atoms with Gasteiger partial charge in [-0.15, -0.1) is 0 Å². The van der Waals surface area contributed by atoms with Crippen LogP contribution in [0.25, 0.3) is 5.52 Å². The topological polar surface area (TPSA) is 100 Å². The van der Waals surface area contributed by atoms with Crippen LogP contribution in [0.4, 0.5) is 0 Å². The van der Waals surface area contributed by atoms with Gasteiger partial charge in [-0.05, 0) is 41.8 Å². The number of rotatable bonds is 4. The third-order valence-corrected chi connectivity index (χ3v) is 5.87. The molecule has 0 N–H and O–H groups in total. The average molecular weight is 471 g/mol. The Bertz CT molecular complexity index is 1280. The van der Waals surface area contributed by atoms with Crippen molar-refractivity contribution in [2.45, 2.75) is 38.8 Å². The van der Waals surface area contributed by atoms with Gasteiger partial charge in [0, 0.05) is 5.92 Å². The Morgan fingerprint density at radius 1 is 1.20 bits per heavy atom. The number of aryl methyl sites for hydroxylation is 2. The van der Waals surface area contributed by atoms with Gasteiger partial charge < -0.3 is 9.26 Å². The van der Waals surface area contributed by atoms with E-state index in [0.29, 0.717) is 34.3 Å². The van der Waals surface area contributed by atoms with Crippen LogP contribution in [0.5, 0.6) is 0 Å². The van der Waals surface area contributed by atoms with E-state index in [4.69, 9.17) is 9.26 Å². The summed E-state index contributed by atoms with van der Waals surface area (Å²) in [6.07, 6.45) is 2.26. The van der Waals surface area contributed by atoms with E-state index in [1.54, 1.807) is 6.92 Å². The average Bonchev–Trinajstić information content (AvgIpc) is 3.44. The molecule has 5 rings (SSSR count). The van der Waals surface area contributed by atoms with Crippen molar-refractivity contribution >= 4 is 21.4 Å². The van der Waals surface area contributed by atoms with Crippen molar-refractivity contribution in [3.63, 3.8) is 0 Å². The van der Waals surface area contributed by atoms with Gasteiger partial charge in [-0.2, -0.15) is 10.1 Å². The summed E-state index contributed by atoms with van der Waals surface area (Å²) in [5.74, 6) is 1.01. The summed E-state index contributed by atoms with van der Waals surface area (Å²) in [5, 5.41) is 8.38. The Morgan fingerprint density at radius 3 is 2.80 bits per heavy atom. The molecule has 0 unspecified atom stereocenters. The zero-order chi connectivity index (χ0) is 20.8. The lowest BCUT2D eigenvalue weighted by Gasteiger charge is -2.09. The summed E-state index contributed by atoms with van der Waals surface area (Å²) in [7, 11) is 0. The maximum absolute atomic E-state index is 12.8. The van der Waals surface area contributed by atoms with Crippen LogP contribution in [0.15, 0.2) is 44.6 Å². The summed E-state index contributed by atoms with van der Waals surface area (Å²) >= 11 is 3.30. The Hall–Kier alpha value is -2.85. The predicted octanol–water partition coefficient (Wildman–Crippen LogP) is 2.95. The maximum Gasteiger partial charge on any atom is 0.280 e. The zero-order valence-corrected chi connectivity index (χ0v) is 18.0. The van der Waals surface area contributed by atoms with Gasteiger partial charge in [0.25, 0.3) is 5.56 Å². The lowest BCUT2D eigenvalue weighted by Crippen LogP contribution is -2.24. The van der Waals surface area contributed by atoms with Gasteiger partial charge in [0.05, 0.1) is 18.4 Å². The standard InChI is InChI=1S/C20H19BrN6O3/c1-11-3-5-13(6-4-11)15-7-14(9-29-15)18-24-16(30-25-18)8-26-10-22-27-17(19(26)28)12(2)23-20(27)21/h3-6,10,14-15H,7-9H2,1-2H3/t14-,15+/m0/s1. The van der Waals surface area contributed by atoms with Crippen molar-refractivity contribution in [1.29, 1.82) is 0 Å². The first-order valence-electron chi connectivity index (χ1n) is 9.60. The molecule has 0 radical (unpaired) electrons. The lowest BCUT2D eigenvalue weighted by atomic mass is 9.99. The molecule has 30 heavy (non-hydrogen) atoms. The van der Waals surface area contributed by atoms with Crippen molar-refractivity contribution in [1.82, 2.24) is 29.3 Å². The molecule has 0 amide bonds. The van der Waals surface area contributed by atoms with Crippen LogP contribution in [-0.2, 0) is 11.3 Å². The second-order valence-corrected chi connectivity index (χ2v) is 8.21. The number of benzene rings is 1. The molecule has 4 aromatic rings. The van der Waals surface area contributed by atoms with E-state index < -0.39 is 0 Å². The maximum atomic E-state index is 12.8. The third-order valence-electron chi connectivity index (χ3n) is 5.36. The number of aromatic nitrogens is 6. The van der Waals surface area contributed by atoms with Gasteiger partial charge in [-0.25, -0.2) is 9.50 Å². The Morgan fingerprint density at radius 2 is 2.00 bits per heavy atom. The molecule has 0 spiro atoms. The summed E-state index contributed by atoms with van der Waals surface area (Å²) in [6.45, 7) is 4.51. The van der Waals surface area contributed by atoms with Crippen molar-refractivity contribution in [3.05, 3.63) is 74.2 Å². The van der Waals surface area contributed by atoms with E-state index in [0.717, 1.165) is 12.0 Å². The minimum atomic E-state index is -0.218. The van der Waals surface area contributed by atoms with E-state index >= 15 is 0 Å². The molecule has 1 saturated heterocycles. The fourth-order valence-corrected chi connectivity index (χ4v) is 4.25. The molecule has 2 atom stereocenters. The molecule has 3 aromatic heterocycles. The monoisotopic (exact) mass is 470 g/mol. The van der Waals surface area contributed by atoms with Crippen LogP contribution in [0.2, 0.25) is 0 Å². The summed E-state index contributed by atoms with van der Waals surface area (Å²) in [4.78, 5) is 21.5. The van der Waals surface area contributed by atoms with Crippen molar-refractivity contribution in [2.24, 2.45) is 0 Å². The fourth-order valence-electron chi connectivity index (χ4n) is 3.71. The van der Waals surface area contributed by atoms with Crippen LogP contribution in [-0.4, -0.2) is 35.9 Å². The van der Waals surface area contributed by atoms with Crippen molar-refractivity contribution < 1.29 is 9.26 Å². The molecule has 1 aliphatic heterocycles. The number of halogens is 1. The number of ether oxygens (including phenoxy) is 1. The van der Waals surface area contributed by atoms with Gasteiger partial charge in [0.2, 0.25) is 5.89 Å². The summed E-state index contributed by atoms with van der Waals surface area (Å²) in [5.41, 5.74) is 3.17. The molecule has 0 bridgehead atoms.